The average Bonchev–Trinajstić information content (AvgIpc) is 3.01. The van der Waals surface area contributed by atoms with Gasteiger partial charge in [0.1, 0.15) is 34.9 Å². The topological polar surface area (TPSA) is 163 Å². The van der Waals surface area contributed by atoms with Crippen molar-refractivity contribution in [2.24, 2.45) is 45.7 Å². The number of amides is 1. The molecule has 266 valence electrons. The molecule has 0 aliphatic carbocycles. The summed E-state index contributed by atoms with van der Waals surface area (Å²) in [7, 11) is 0. The number of rotatable bonds is 6. The zero-order chi connectivity index (χ0) is 36.4. The van der Waals surface area contributed by atoms with Gasteiger partial charge >= 0.3 is 5.97 Å². The number of nitrogens with two attached hydrogens (primary N) is 1. The second-order valence-corrected chi connectivity index (χ2v) is 14.0. The molecule has 11 nitrogen and oxygen atoms in total. The molecule has 0 spiro atoms. The molecule has 48 heavy (non-hydrogen) atoms. The number of oxime groups is 1. The normalized spacial score (nSPS) is 29.2. The lowest BCUT2D eigenvalue weighted by Crippen LogP contribution is -2.52. The Morgan fingerprint density at radius 2 is 1.85 bits per heavy atom. The van der Waals surface area contributed by atoms with E-state index >= 15 is 0 Å². The molecule has 3 N–H and O–H groups in total. The number of cyclic esters (lactones) is 1. The summed E-state index contributed by atoms with van der Waals surface area (Å²) in [6.45, 7) is 19.8. The molecule has 0 aromatic carbocycles. The third-order valence-electron chi connectivity index (χ3n) is 9.73. The van der Waals surface area contributed by atoms with Gasteiger partial charge < -0.3 is 25.2 Å². The van der Waals surface area contributed by atoms with E-state index < -0.39 is 41.0 Å². The number of nitrogen functional groups attached to an aromatic ring is 1. The molecule has 1 amide bonds. The Bertz CT molecular complexity index is 1410. The van der Waals surface area contributed by atoms with Crippen molar-refractivity contribution in [3.63, 3.8) is 0 Å². The van der Waals surface area contributed by atoms with Crippen LogP contribution in [0.4, 0.5) is 5.82 Å². The van der Waals surface area contributed by atoms with Crippen LogP contribution in [0, 0.1) is 47.3 Å². The fourth-order valence-electron chi connectivity index (χ4n) is 6.32. The predicted molar refractivity (Wildman–Crippen MR) is 187 cm³/mol. The van der Waals surface area contributed by atoms with Gasteiger partial charge in [-0.3, -0.25) is 14.4 Å². The van der Waals surface area contributed by atoms with Crippen molar-refractivity contribution < 1.29 is 33.8 Å². The number of pyridine rings is 1. The first kappa shape index (κ1) is 40.6. The first-order valence-corrected chi connectivity index (χ1v) is 16.9. The van der Waals surface area contributed by atoms with Gasteiger partial charge in [0, 0.05) is 24.5 Å². The van der Waals surface area contributed by atoms with Crippen LogP contribution in [0.25, 0.3) is 0 Å². The SMILES string of the molecule is CC[C@H]1OC(=O)[C@H](C)C(=O)[C@H](C)[C@@H](C)C(C)(C)OC/C(=N/OCC#Cc2cccc(N)n2)CC[C@H]([C@@H](C)/C(=N/C(C)=O)C(C)C)[C@]1(C)O. The van der Waals surface area contributed by atoms with Gasteiger partial charge in [-0.2, -0.15) is 0 Å². The number of nitrogens with zero attached hydrogens (tertiary/aromatic N) is 3. The first-order valence-electron chi connectivity index (χ1n) is 16.9. The Kier molecular flexibility index (Phi) is 14.9. The Morgan fingerprint density at radius 3 is 2.44 bits per heavy atom. The van der Waals surface area contributed by atoms with Crippen molar-refractivity contribution >= 4 is 34.9 Å². The van der Waals surface area contributed by atoms with Crippen molar-refractivity contribution in [3.8, 4) is 11.8 Å². The highest BCUT2D eigenvalue weighted by Gasteiger charge is 2.47. The van der Waals surface area contributed by atoms with E-state index in [9.17, 15) is 19.5 Å². The van der Waals surface area contributed by atoms with Crippen LogP contribution < -0.4 is 5.73 Å². The molecule has 0 bridgehead atoms. The molecule has 11 heteroatoms. The largest absolute Gasteiger partial charge is 0.459 e. The van der Waals surface area contributed by atoms with Gasteiger partial charge in [-0.25, -0.2) is 9.98 Å². The van der Waals surface area contributed by atoms with E-state index in [0.29, 0.717) is 42.2 Å². The number of ether oxygens (including phenoxy) is 2. The van der Waals surface area contributed by atoms with Crippen molar-refractivity contribution in [1.82, 2.24) is 4.98 Å². The first-order chi connectivity index (χ1) is 22.3. The highest BCUT2D eigenvalue weighted by atomic mass is 16.6. The van der Waals surface area contributed by atoms with Crippen molar-refractivity contribution in [3.05, 3.63) is 23.9 Å². The Hall–Kier alpha value is -3.62. The van der Waals surface area contributed by atoms with Gasteiger partial charge in [-0.05, 0) is 82.8 Å². The van der Waals surface area contributed by atoms with Crippen LogP contribution in [-0.4, -0.2) is 69.7 Å². The van der Waals surface area contributed by atoms with Crippen LogP contribution in [0.3, 0.4) is 0 Å². The molecule has 1 aliphatic rings. The standard InChI is InChI=1S/C37H56N4O7/c1-12-31-37(11,45)30(24(5)33(22(2)3)39-27(8)42)19-18-29(41-47-20-14-16-28-15-13-17-32(38)40-28)21-46-36(9,10)26(7)23(4)34(43)25(6)35(44)48-31/h13,15,17,22-26,30-31,45H,12,18-21H2,1-11H3,(H2,38,40)/b39-33+,41-29+/t23-,24-,25-,26-,30-,31-,37+/m1/s1. The molecule has 2 rings (SSSR count). The number of aromatic nitrogens is 1. The third-order valence-corrected chi connectivity index (χ3v) is 9.73. The van der Waals surface area contributed by atoms with Gasteiger partial charge in [0.15, 0.2) is 6.61 Å². The summed E-state index contributed by atoms with van der Waals surface area (Å²) >= 11 is 0. The smallest absolute Gasteiger partial charge is 0.316 e. The van der Waals surface area contributed by atoms with E-state index in [1.807, 2.05) is 48.5 Å². The summed E-state index contributed by atoms with van der Waals surface area (Å²) in [4.78, 5) is 53.2. The zero-order valence-electron chi connectivity index (χ0n) is 30.6. The maximum absolute atomic E-state index is 13.5. The van der Waals surface area contributed by atoms with Crippen LogP contribution >= 0.6 is 0 Å². The van der Waals surface area contributed by atoms with Gasteiger partial charge in [0.25, 0.3) is 0 Å². The number of ketones is 1. The second-order valence-electron chi connectivity index (χ2n) is 14.0. The average molecular weight is 669 g/mol. The number of carbonyl (C=O) groups is 3. The molecule has 0 saturated carbocycles. The van der Waals surface area contributed by atoms with E-state index in [2.05, 4.69) is 27.0 Å². The summed E-state index contributed by atoms with van der Waals surface area (Å²) < 4.78 is 12.4. The lowest BCUT2D eigenvalue weighted by Gasteiger charge is -2.42. The third kappa shape index (κ3) is 11.0. The fourth-order valence-corrected chi connectivity index (χ4v) is 6.32. The predicted octanol–water partition coefficient (Wildman–Crippen LogP) is 5.42. The molecule has 1 saturated heterocycles. The minimum absolute atomic E-state index is 0.0165. The summed E-state index contributed by atoms with van der Waals surface area (Å²) in [5, 5.41) is 16.7. The molecule has 1 aromatic heterocycles. The van der Waals surface area contributed by atoms with E-state index in [-0.39, 0.29) is 42.7 Å². The number of carbonyl (C=O) groups excluding carboxylic acids is 3. The summed E-state index contributed by atoms with van der Waals surface area (Å²) in [5.41, 5.74) is 5.11. The Balaban J connectivity index is 2.60. The summed E-state index contributed by atoms with van der Waals surface area (Å²) in [6.07, 6.45) is 0.0882. The van der Waals surface area contributed by atoms with Gasteiger partial charge in [-0.1, -0.05) is 58.7 Å². The van der Waals surface area contributed by atoms with E-state index in [0.717, 1.165) is 0 Å². The molecule has 1 aliphatic heterocycles. The van der Waals surface area contributed by atoms with E-state index in [1.165, 1.54) is 6.92 Å². The van der Waals surface area contributed by atoms with E-state index in [4.69, 9.17) is 20.0 Å². The number of aliphatic hydroxyl groups is 1. The van der Waals surface area contributed by atoms with Gasteiger partial charge in [0.2, 0.25) is 5.91 Å². The maximum atomic E-state index is 13.5. The minimum Gasteiger partial charge on any atom is -0.459 e. The van der Waals surface area contributed by atoms with Crippen LogP contribution in [0.15, 0.2) is 28.3 Å². The molecule has 0 radical (unpaired) electrons. The molecular formula is C37H56N4O7. The lowest BCUT2D eigenvalue weighted by molar-refractivity contribution is -0.178. The molecule has 0 unspecified atom stereocenters. The van der Waals surface area contributed by atoms with Gasteiger partial charge in [-0.15, -0.1) is 0 Å². The zero-order valence-corrected chi connectivity index (χ0v) is 30.6. The van der Waals surface area contributed by atoms with Crippen LogP contribution in [0.1, 0.15) is 101 Å². The molecular weight excluding hydrogens is 612 g/mol. The van der Waals surface area contributed by atoms with Gasteiger partial charge in [0.05, 0.1) is 17.9 Å². The summed E-state index contributed by atoms with van der Waals surface area (Å²) in [5.74, 6) is 2.03. The number of anilines is 1. The van der Waals surface area contributed by atoms with Crippen molar-refractivity contribution in [2.45, 2.75) is 113 Å². The monoisotopic (exact) mass is 668 g/mol. The maximum Gasteiger partial charge on any atom is 0.316 e. The lowest BCUT2D eigenvalue weighted by atomic mass is 9.70. The number of hydrogen-bond acceptors (Lipinski definition) is 10. The molecule has 7 atom stereocenters. The number of esters is 1. The minimum atomic E-state index is -1.57. The number of Topliss-reactive ketones (excluding diaryl/α,β-unsaturated/α-hetero) is 1. The quantitative estimate of drug-likeness (QED) is 0.101. The highest BCUT2D eigenvalue weighted by molar-refractivity contribution is 6.00. The van der Waals surface area contributed by atoms with Crippen LogP contribution in [0.5, 0.6) is 0 Å². The van der Waals surface area contributed by atoms with E-state index in [1.54, 1.807) is 39.0 Å². The molecule has 1 fully saturated rings. The Morgan fingerprint density at radius 1 is 1.19 bits per heavy atom. The number of aliphatic imine (C=N–C) groups is 1. The number of hydrogen-bond donors (Lipinski definition) is 2. The molecule has 2 heterocycles. The van der Waals surface area contributed by atoms with Crippen molar-refractivity contribution in [2.75, 3.05) is 18.9 Å². The summed E-state index contributed by atoms with van der Waals surface area (Å²) in [6, 6.07) is 5.19. The van der Waals surface area contributed by atoms with Crippen LogP contribution in [-0.2, 0) is 28.7 Å². The fraction of sp³-hybridized carbons (Fsp3) is 0.676. The highest BCUT2D eigenvalue weighted by Crippen LogP contribution is 2.38. The Labute approximate surface area is 286 Å². The van der Waals surface area contributed by atoms with Crippen molar-refractivity contribution in [1.29, 1.82) is 0 Å². The van der Waals surface area contributed by atoms with Crippen LogP contribution in [0.2, 0.25) is 0 Å². The second kappa shape index (κ2) is 17.7. The molecule has 1 aromatic rings.